The molecule has 0 aliphatic carbocycles. The van der Waals surface area contributed by atoms with Crippen molar-refractivity contribution in [3.8, 4) is 5.75 Å². The molecule has 2 aromatic carbocycles. The highest BCUT2D eigenvalue weighted by atomic mass is 32.1. The molecule has 6 heteroatoms. The number of hydrogen-bond acceptors (Lipinski definition) is 2. The zero-order valence-corrected chi connectivity index (χ0v) is 13.5. The number of nitrogens with one attached hydrogen (secondary N) is 2. The first-order chi connectivity index (χ1) is 11.0. The Morgan fingerprint density at radius 1 is 1.13 bits per heavy atom. The van der Waals surface area contributed by atoms with Gasteiger partial charge in [-0.15, -0.1) is 0 Å². The van der Waals surface area contributed by atoms with Crippen LogP contribution in [-0.4, -0.2) is 18.3 Å². The van der Waals surface area contributed by atoms with Crippen LogP contribution >= 0.6 is 12.2 Å². The average Bonchev–Trinajstić information content (AvgIpc) is 2.51. The van der Waals surface area contributed by atoms with Gasteiger partial charge in [0.05, 0.1) is 0 Å². The van der Waals surface area contributed by atoms with E-state index in [1.807, 2.05) is 12.1 Å². The molecule has 0 aliphatic rings. The predicted octanol–water partition coefficient (Wildman–Crippen LogP) is 4.13. The Balaban J connectivity index is 1.77. The molecule has 0 atom stereocenters. The number of alkyl halides is 2. The van der Waals surface area contributed by atoms with Gasteiger partial charge in [0.25, 0.3) is 0 Å². The molecule has 23 heavy (non-hydrogen) atoms. The van der Waals surface area contributed by atoms with Gasteiger partial charge < -0.3 is 15.4 Å². The summed E-state index contributed by atoms with van der Waals surface area (Å²) < 4.78 is 28.4. The fourth-order valence-corrected chi connectivity index (χ4v) is 2.32. The first kappa shape index (κ1) is 17.1. The van der Waals surface area contributed by atoms with E-state index in [2.05, 4.69) is 34.4 Å². The highest BCUT2D eigenvalue weighted by Crippen LogP contribution is 2.17. The molecule has 0 heterocycles. The highest BCUT2D eigenvalue weighted by molar-refractivity contribution is 7.80. The van der Waals surface area contributed by atoms with Crippen LogP contribution in [0, 0.1) is 6.92 Å². The molecule has 3 nitrogen and oxygen atoms in total. The largest absolute Gasteiger partial charge is 0.435 e. The van der Waals surface area contributed by atoms with Crippen LogP contribution in [0.3, 0.4) is 0 Å². The maximum atomic E-state index is 12.1. The highest BCUT2D eigenvalue weighted by Gasteiger charge is 2.04. The van der Waals surface area contributed by atoms with Crippen molar-refractivity contribution >= 4 is 23.0 Å². The molecule has 2 N–H and O–H groups in total. The zero-order valence-electron chi connectivity index (χ0n) is 12.7. The van der Waals surface area contributed by atoms with Gasteiger partial charge in [0, 0.05) is 12.2 Å². The number of anilines is 1. The molecular weight excluding hydrogens is 318 g/mol. The van der Waals surface area contributed by atoms with Crippen LogP contribution < -0.4 is 15.4 Å². The van der Waals surface area contributed by atoms with Gasteiger partial charge in [-0.1, -0.05) is 24.3 Å². The van der Waals surface area contributed by atoms with E-state index in [9.17, 15) is 8.78 Å². The van der Waals surface area contributed by atoms with Gasteiger partial charge in [0.2, 0.25) is 0 Å². The van der Waals surface area contributed by atoms with Gasteiger partial charge in [-0.05, 0) is 61.0 Å². The molecule has 0 aromatic heterocycles. The van der Waals surface area contributed by atoms with Gasteiger partial charge >= 0.3 is 6.61 Å². The zero-order chi connectivity index (χ0) is 16.7. The summed E-state index contributed by atoms with van der Waals surface area (Å²) in [5, 5.41) is 6.61. The summed E-state index contributed by atoms with van der Waals surface area (Å²) in [6, 6.07) is 14.4. The van der Waals surface area contributed by atoms with E-state index >= 15 is 0 Å². The lowest BCUT2D eigenvalue weighted by Crippen LogP contribution is -2.30. The molecule has 122 valence electrons. The van der Waals surface area contributed by atoms with E-state index in [4.69, 9.17) is 12.2 Å². The van der Waals surface area contributed by atoms with Gasteiger partial charge in [-0.3, -0.25) is 0 Å². The van der Waals surface area contributed by atoms with E-state index < -0.39 is 6.61 Å². The van der Waals surface area contributed by atoms with Gasteiger partial charge in [0.15, 0.2) is 5.11 Å². The van der Waals surface area contributed by atoms with Crippen LogP contribution in [0.2, 0.25) is 0 Å². The normalized spacial score (nSPS) is 10.4. The SMILES string of the molecule is Cc1ccccc1CCNC(=S)Nc1ccc(OC(F)F)cc1. The Bertz CT molecular complexity index is 647. The molecule has 0 fully saturated rings. The molecule has 0 amide bonds. The van der Waals surface area contributed by atoms with Crippen molar-refractivity contribution in [2.24, 2.45) is 0 Å². The predicted molar refractivity (Wildman–Crippen MR) is 92.2 cm³/mol. The maximum Gasteiger partial charge on any atom is 0.387 e. The third kappa shape index (κ3) is 5.83. The Morgan fingerprint density at radius 3 is 2.48 bits per heavy atom. The van der Waals surface area contributed by atoms with Crippen molar-refractivity contribution in [1.29, 1.82) is 0 Å². The number of benzene rings is 2. The minimum Gasteiger partial charge on any atom is -0.435 e. The molecular formula is C17H18F2N2OS. The smallest absolute Gasteiger partial charge is 0.387 e. The van der Waals surface area contributed by atoms with E-state index in [1.54, 1.807) is 12.1 Å². The molecule has 0 radical (unpaired) electrons. The molecule has 2 rings (SSSR count). The van der Waals surface area contributed by atoms with Crippen molar-refractivity contribution in [2.45, 2.75) is 20.0 Å². The summed E-state index contributed by atoms with van der Waals surface area (Å²) in [5.74, 6) is 0.115. The monoisotopic (exact) mass is 336 g/mol. The van der Waals surface area contributed by atoms with Crippen LogP contribution in [0.5, 0.6) is 5.75 Å². The number of hydrogen-bond donors (Lipinski definition) is 2. The Labute approximate surface area is 139 Å². The fraction of sp³-hybridized carbons (Fsp3) is 0.235. The lowest BCUT2D eigenvalue weighted by molar-refractivity contribution is -0.0498. The molecule has 0 saturated heterocycles. The van der Waals surface area contributed by atoms with Gasteiger partial charge in [0.1, 0.15) is 5.75 Å². The number of thiocarbonyl (C=S) groups is 1. The number of rotatable bonds is 6. The second-order valence-electron chi connectivity index (χ2n) is 4.96. The van der Waals surface area contributed by atoms with E-state index in [-0.39, 0.29) is 5.75 Å². The molecule has 0 bridgehead atoms. The molecule has 0 saturated carbocycles. The first-order valence-corrected chi connectivity index (χ1v) is 7.59. The molecule has 0 spiro atoms. The van der Waals surface area contributed by atoms with Crippen molar-refractivity contribution < 1.29 is 13.5 Å². The minimum atomic E-state index is -2.82. The molecule has 0 aliphatic heterocycles. The average molecular weight is 336 g/mol. The molecule has 0 unspecified atom stereocenters. The number of halogens is 2. The Hall–Kier alpha value is -2.21. The number of ether oxygens (including phenoxy) is 1. The summed E-state index contributed by atoms with van der Waals surface area (Å²) in [7, 11) is 0. The van der Waals surface area contributed by atoms with Crippen molar-refractivity contribution in [3.05, 3.63) is 59.7 Å². The topological polar surface area (TPSA) is 33.3 Å². The lowest BCUT2D eigenvalue weighted by Gasteiger charge is -2.12. The fourth-order valence-electron chi connectivity index (χ4n) is 2.10. The maximum absolute atomic E-state index is 12.1. The van der Waals surface area contributed by atoms with Crippen LogP contribution in [-0.2, 0) is 6.42 Å². The standard InChI is InChI=1S/C17H18F2N2OS/c1-12-4-2-3-5-13(12)10-11-20-17(23)21-14-6-8-15(9-7-14)22-16(18)19/h2-9,16H,10-11H2,1H3,(H2,20,21,23). The lowest BCUT2D eigenvalue weighted by atomic mass is 10.1. The van der Waals surface area contributed by atoms with Crippen LogP contribution in [0.4, 0.5) is 14.5 Å². The quantitative estimate of drug-likeness (QED) is 0.777. The third-order valence-electron chi connectivity index (χ3n) is 3.28. The summed E-state index contributed by atoms with van der Waals surface area (Å²) >= 11 is 5.21. The van der Waals surface area contributed by atoms with Crippen LogP contribution in [0.25, 0.3) is 0 Å². The molecule has 2 aromatic rings. The summed E-state index contributed by atoms with van der Waals surface area (Å²) in [6.45, 7) is -0.0314. The summed E-state index contributed by atoms with van der Waals surface area (Å²) in [6.07, 6.45) is 0.871. The Morgan fingerprint density at radius 2 is 1.83 bits per heavy atom. The van der Waals surface area contributed by atoms with Crippen molar-refractivity contribution in [2.75, 3.05) is 11.9 Å². The summed E-state index contributed by atoms with van der Waals surface area (Å²) in [4.78, 5) is 0. The Kier molecular flexibility index (Phi) is 6.29. The third-order valence-corrected chi connectivity index (χ3v) is 3.52. The summed E-state index contributed by atoms with van der Waals surface area (Å²) in [5.41, 5.74) is 3.24. The van der Waals surface area contributed by atoms with E-state index in [0.29, 0.717) is 17.3 Å². The second-order valence-corrected chi connectivity index (χ2v) is 5.37. The minimum absolute atomic E-state index is 0.115. The van der Waals surface area contributed by atoms with Crippen molar-refractivity contribution in [1.82, 2.24) is 5.32 Å². The van der Waals surface area contributed by atoms with Gasteiger partial charge in [-0.25, -0.2) is 0 Å². The van der Waals surface area contributed by atoms with E-state index in [1.165, 1.54) is 23.3 Å². The van der Waals surface area contributed by atoms with Crippen molar-refractivity contribution in [3.63, 3.8) is 0 Å². The first-order valence-electron chi connectivity index (χ1n) is 7.19. The second kappa shape index (κ2) is 8.43. The van der Waals surface area contributed by atoms with Crippen LogP contribution in [0.15, 0.2) is 48.5 Å². The van der Waals surface area contributed by atoms with Crippen LogP contribution in [0.1, 0.15) is 11.1 Å². The number of aryl methyl sites for hydroxylation is 1. The van der Waals surface area contributed by atoms with E-state index in [0.717, 1.165) is 6.42 Å². The van der Waals surface area contributed by atoms with Gasteiger partial charge in [-0.2, -0.15) is 8.78 Å².